The van der Waals surface area contributed by atoms with Gasteiger partial charge in [-0.2, -0.15) is 0 Å². The summed E-state index contributed by atoms with van der Waals surface area (Å²) in [6, 6.07) is 10.4. The molecule has 0 unspecified atom stereocenters. The first kappa shape index (κ1) is 18.8. The molecule has 0 saturated heterocycles. The van der Waals surface area contributed by atoms with Crippen LogP contribution in [0.25, 0.3) is 0 Å². The van der Waals surface area contributed by atoms with Crippen LogP contribution in [-0.4, -0.2) is 28.1 Å². The molecule has 148 valence electrons. The lowest BCUT2D eigenvalue weighted by Gasteiger charge is -2.19. The molecule has 2 N–H and O–H groups in total. The molecule has 0 amide bonds. The van der Waals surface area contributed by atoms with Gasteiger partial charge in [-0.05, 0) is 36.8 Å². The highest BCUT2D eigenvalue weighted by molar-refractivity contribution is 6.31. The number of nitrogens with zero attached hydrogens (tertiary/aromatic N) is 3. The van der Waals surface area contributed by atoms with Gasteiger partial charge in [0.25, 0.3) is 0 Å². The van der Waals surface area contributed by atoms with Gasteiger partial charge in [0.05, 0.1) is 4.92 Å². The summed E-state index contributed by atoms with van der Waals surface area (Å²) in [6.07, 6.45) is 1.24. The first-order valence-electron chi connectivity index (χ1n) is 8.70. The summed E-state index contributed by atoms with van der Waals surface area (Å²) in [7, 11) is 0. The molecule has 2 heterocycles. The van der Waals surface area contributed by atoms with Crippen molar-refractivity contribution < 1.29 is 14.4 Å². The Bertz CT molecular complexity index is 1090. The summed E-state index contributed by atoms with van der Waals surface area (Å²) in [5.41, 5.74) is 1.75. The average Bonchev–Trinajstić information content (AvgIpc) is 2.70. The highest BCUT2D eigenvalue weighted by atomic mass is 35.5. The second-order valence-electron chi connectivity index (χ2n) is 6.25. The normalized spacial score (nSPS) is 12.3. The highest BCUT2D eigenvalue weighted by Crippen LogP contribution is 2.37. The third-order valence-electron chi connectivity index (χ3n) is 4.24. The van der Waals surface area contributed by atoms with Crippen LogP contribution in [-0.2, 0) is 0 Å². The molecule has 0 aliphatic carbocycles. The Kier molecular flexibility index (Phi) is 5.05. The minimum Gasteiger partial charge on any atom is -0.486 e. The van der Waals surface area contributed by atoms with Crippen LogP contribution >= 0.6 is 11.6 Å². The number of hydrogen-bond acceptors (Lipinski definition) is 8. The number of aromatic nitrogens is 2. The van der Waals surface area contributed by atoms with Crippen LogP contribution in [0.1, 0.15) is 5.56 Å². The van der Waals surface area contributed by atoms with Crippen LogP contribution in [0.3, 0.4) is 0 Å². The van der Waals surface area contributed by atoms with Crippen LogP contribution in [0.2, 0.25) is 5.02 Å². The second-order valence-corrected chi connectivity index (χ2v) is 6.66. The Morgan fingerprint density at radius 2 is 1.62 bits per heavy atom. The fraction of sp³-hybridized carbons (Fsp3) is 0.158. The van der Waals surface area contributed by atoms with Crippen molar-refractivity contribution in [2.45, 2.75) is 6.92 Å². The molecule has 3 aromatic rings. The lowest BCUT2D eigenvalue weighted by molar-refractivity contribution is -0.383. The number of ether oxygens (including phenoxy) is 2. The third kappa shape index (κ3) is 3.99. The van der Waals surface area contributed by atoms with E-state index in [1.165, 1.54) is 6.33 Å². The van der Waals surface area contributed by atoms with E-state index in [0.717, 1.165) is 5.56 Å². The molecular weight excluding hydrogens is 398 g/mol. The zero-order valence-corrected chi connectivity index (χ0v) is 16.1. The summed E-state index contributed by atoms with van der Waals surface area (Å²) in [5.74, 6) is 1.27. The van der Waals surface area contributed by atoms with Crippen molar-refractivity contribution in [3.8, 4) is 11.5 Å². The monoisotopic (exact) mass is 413 g/mol. The number of rotatable bonds is 5. The van der Waals surface area contributed by atoms with Crippen molar-refractivity contribution in [2.75, 3.05) is 23.8 Å². The van der Waals surface area contributed by atoms with E-state index in [1.54, 1.807) is 30.3 Å². The molecule has 1 aromatic heterocycles. The van der Waals surface area contributed by atoms with Crippen LogP contribution in [0.15, 0.2) is 42.7 Å². The summed E-state index contributed by atoms with van der Waals surface area (Å²) < 4.78 is 11.0. The van der Waals surface area contributed by atoms with E-state index in [0.29, 0.717) is 41.1 Å². The standard InChI is InChI=1S/C19H16ClN5O4/c1-11-2-3-12(8-14(11)20)23-18-17(25(26)27)19(22-10-21-18)24-13-4-5-15-16(9-13)29-7-6-28-15/h2-5,8-10H,6-7H2,1H3,(H2,21,22,23,24). The number of hydrogen-bond donors (Lipinski definition) is 2. The van der Waals surface area contributed by atoms with E-state index in [2.05, 4.69) is 20.6 Å². The van der Waals surface area contributed by atoms with Crippen LogP contribution in [0.5, 0.6) is 11.5 Å². The van der Waals surface area contributed by atoms with Gasteiger partial charge in [-0.1, -0.05) is 17.7 Å². The first-order chi connectivity index (χ1) is 14.0. The summed E-state index contributed by atoms with van der Waals surface area (Å²) in [5, 5.41) is 18.2. The van der Waals surface area contributed by atoms with Crippen LogP contribution < -0.4 is 20.1 Å². The van der Waals surface area contributed by atoms with Crippen molar-refractivity contribution in [2.24, 2.45) is 0 Å². The van der Waals surface area contributed by atoms with E-state index >= 15 is 0 Å². The molecule has 0 atom stereocenters. The molecule has 2 aromatic carbocycles. The molecule has 0 saturated carbocycles. The minimum atomic E-state index is -0.543. The molecule has 10 heteroatoms. The Morgan fingerprint density at radius 3 is 2.28 bits per heavy atom. The summed E-state index contributed by atoms with van der Waals surface area (Å²) >= 11 is 6.14. The van der Waals surface area contributed by atoms with Gasteiger partial charge in [0.15, 0.2) is 11.5 Å². The van der Waals surface area contributed by atoms with Gasteiger partial charge in [-0.3, -0.25) is 10.1 Å². The average molecular weight is 414 g/mol. The minimum absolute atomic E-state index is 0.0439. The predicted octanol–water partition coefficient (Wildman–Crippen LogP) is 4.61. The smallest absolute Gasteiger partial charge is 0.353 e. The molecule has 1 aliphatic rings. The van der Waals surface area contributed by atoms with E-state index < -0.39 is 4.92 Å². The molecular formula is C19H16ClN5O4. The molecule has 0 bridgehead atoms. The predicted molar refractivity (Wildman–Crippen MR) is 109 cm³/mol. The molecule has 4 rings (SSSR count). The topological polar surface area (TPSA) is 111 Å². The Balaban J connectivity index is 1.66. The fourth-order valence-electron chi connectivity index (χ4n) is 2.80. The van der Waals surface area contributed by atoms with Gasteiger partial charge in [0.2, 0.25) is 11.6 Å². The molecule has 29 heavy (non-hydrogen) atoms. The van der Waals surface area contributed by atoms with Gasteiger partial charge in [0, 0.05) is 22.5 Å². The van der Waals surface area contributed by atoms with Crippen molar-refractivity contribution in [1.29, 1.82) is 0 Å². The Hall–Kier alpha value is -3.59. The van der Waals surface area contributed by atoms with Crippen molar-refractivity contribution in [3.63, 3.8) is 0 Å². The second kappa shape index (κ2) is 7.80. The lowest BCUT2D eigenvalue weighted by Crippen LogP contribution is -2.15. The quantitative estimate of drug-likeness (QED) is 0.461. The Labute approximate surface area is 170 Å². The zero-order chi connectivity index (χ0) is 20.4. The SMILES string of the molecule is Cc1ccc(Nc2ncnc(Nc3ccc4c(c3)OCCO4)c2[N+](=O)[O-])cc1Cl. The number of anilines is 4. The van der Waals surface area contributed by atoms with Gasteiger partial charge in [-0.25, -0.2) is 9.97 Å². The third-order valence-corrected chi connectivity index (χ3v) is 4.65. The van der Waals surface area contributed by atoms with E-state index in [-0.39, 0.29) is 17.3 Å². The number of halogens is 1. The van der Waals surface area contributed by atoms with E-state index in [9.17, 15) is 10.1 Å². The van der Waals surface area contributed by atoms with E-state index in [1.807, 2.05) is 13.0 Å². The van der Waals surface area contributed by atoms with Crippen molar-refractivity contribution in [3.05, 3.63) is 63.4 Å². The molecule has 9 nitrogen and oxygen atoms in total. The maximum absolute atomic E-state index is 11.8. The Morgan fingerprint density at radius 1 is 1.00 bits per heavy atom. The van der Waals surface area contributed by atoms with Crippen molar-refractivity contribution in [1.82, 2.24) is 9.97 Å². The zero-order valence-electron chi connectivity index (χ0n) is 15.3. The number of fused-ring (bicyclic) bond motifs is 1. The molecule has 0 radical (unpaired) electrons. The number of benzene rings is 2. The van der Waals surface area contributed by atoms with Crippen molar-refractivity contribution >= 4 is 40.3 Å². The van der Waals surface area contributed by atoms with Crippen LogP contribution in [0, 0.1) is 17.0 Å². The molecule has 0 fully saturated rings. The number of nitro groups is 1. The summed E-state index contributed by atoms with van der Waals surface area (Å²) in [6.45, 7) is 2.79. The first-order valence-corrected chi connectivity index (χ1v) is 9.08. The lowest BCUT2D eigenvalue weighted by atomic mass is 10.2. The van der Waals surface area contributed by atoms with Gasteiger partial charge >= 0.3 is 5.69 Å². The maximum Gasteiger partial charge on any atom is 0.353 e. The maximum atomic E-state index is 11.8. The highest BCUT2D eigenvalue weighted by Gasteiger charge is 2.24. The van der Waals surface area contributed by atoms with E-state index in [4.69, 9.17) is 21.1 Å². The van der Waals surface area contributed by atoms with Crippen LogP contribution in [0.4, 0.5) is 28.7 Å². The fourth-order valence-corrected chi connectivity index (χ4v) is 2.98. The molecule has 0 spiro atoms. The summed E-state index contributed by atoms with van der Waals surface area (Å²) in [4.78, 5) is 19.3. The number of aryl methyl sites for hydroxylation is 1. The van der Waals surface area contributed by atoms with Gasteiger partial charge in [-0.15, -0.1) is 0 Å². The van der Waals surface area contributed by atoms with Gasteiger partial charge in [0.1, 0.15) is 19.5 Å². The van der Waals surface area contributed by atoms with Gasteiger partial charge < -0.3 is 20.1 Å². The largest absolute Gasteiger partial charge is 0.486 e. The molecule has 1 aliphatic heterocycles. The number of nitrogens with one attached hydrogen (secondary N) is 2.